The number of nitrogens with one attached hydrogen (secondary N) is 1. The standard InChI is InChI=1S/C22H24N2O3/c1-4-8-15(2)24-21(25)18-11-5-6-12-19(18)22-23-14-20(27-22)16-9-7-10-17(13-16)26-3/h5-7,9-15H,4,8H2,1-3H3,(H,24,25). The van der Waals surface area contributed by atoms with Crippen LogP contribution in [-0.2, 0) is 0 Å². The summed E-state index contributed by atoms with van der Waals surface area (Å²) in [4.78, 5) is 17.1. The molecule has 3 rings (SSSR count). The highest BCUT2D eigenvalue weighted by molar-refractivity contribution is 6.00. The van der Waals surface area contributed by atoms with Gasteiger partial charge in [0.25, 0.3) is 5.91 Å². The quantitative estimate of drug-likeness (QED) is 0.645. The Kier molecular flexibility index (Phi) is 5.91. The highest BCUT2D eigenvalue weighted by Crippen LogP contribution is 2.29. The summed E-state index contributed by atoms with van der Waals surface area (Å²) in [5.41, 5.74) is 2.10. The van der Waals surface area contributed by atoms with Crippen LogP contribution in [0.4, 0.5) is 0 Å². The Morgan fingerprint density at radius 1 is 1.22 bits per heavy atom. The van der Waals surface area contributed by atoms with Gasteiger partial charge < -0.3 is 14.5 Å². The number of hydrogen-bond acceptors (Lipinski definition) is 4. The van der Waals surface area contributed by atoms with Crippen LogP contribution in [0, 0.1) is 0 Å². The lowest BCUT2D eigenvalue weighted by Crippen LogP contribution is -2.32. The fourth-order valence-corrected chi connectivity index (χ4v) is 2.98. The Labute approximate surface area is 159 Å². The van der Waals surface area contributed by atoms with Crippen molar-refractivity contribution in [3.63, 3.8) is 0 Å². The number of methoxy groups -OCH3 is 1. The van der Waals surface area contributed by atoms with E-state index < -0.39 is 0 Å². The van der Waals surface area contributed by atoms with Gasteiger partial charge in [0.1, 0.15) is 5.75 Å². The van der Waals surface area contributed by atoms with E-state index in [9.17, 15) is 4.79 Å². The van der Waals surface area contributed by atoms with Crippen LogP contribution in [0.5, 0.6) is 5.75 Å². The topological polar surface area (TPSA) is 64.4 Å². The third-order valence-corrected chi connectivity index (χ3v) is 4.36. The molecule has 1 heterocycles. The Hall–Kier alpha value is -3.08. The second kappa shape index (κ2) is 8.54. The Bertz CT molecular complexity index is 917. The Morgan fingerprint density at radius 3 is 2.81 bits per heavy atom. The lowest BCUT2D eigenvalue weighted by atomic mass is 10.1. The SMILES string of the molecule is CCCC(C)NC(=O)c1ccccc1-c1ncc(-c2cccc(OC)c2)o1. The zero-order valence-corrected chi connectivity index (χ0v) is 15.9. The molecule has 2 aromatic carbocycles. The average molecular weight is 364 g/mol. The Balaban J connectivity index is 1.89. The number of carbonyl (C=O) groups excluding carboxylic acids is 1. The number of rotatable bonds is 7. The van der Waals surface area contributed by atoms with Crippen molar-refractivity contribution >= 4 is 5.91 Å². The van der Waals surface area contributed by atoms with E-state index in [2.05, 4.69) is 17.2 Å². The maximum atomic E-state index is 12.7. The van der Waals surface area contributed by atoms with Gasteiger partial charge in [-0.2, -0.15) is 0 Å². The second-order valence-electron chi connectivity index (χ2n) is 6.47. The lowest BCUT2D eigenvalue weighted by molar-refractivity contribution is 0.0938. The van der Waals surface area contributed by atoms with Crippen LogP contribution < -0.4 is 10.1 Å². The molecule has 5 heteroatoms. The van der Waals surface area contributed by atoms with Crippen molar-refractivity contribution < 1.29 is 13.9 Å². The van der Waals surface area contributed by atoms with E-state index in [0.29, 0.717) is 22.8 Å². The lowest BCUT2D eigenvalue weighted by Gasteiger charge is -2.14. The number of hydrogen-bond donors (Lipinski definition) is 1. The van der Waals surface area contributed by atoms with E-state index in [1.165, 1.54) is 0 Å². The molecule has 1 atom stereocenters. The molecular formula is C22H24N2O3. The maximum Gasteiger partial charge on any atom is 0.252 e. The highest BCUT2D eigenvalue weighted by Gasteiger charge is 2.18. The van der Waals surface area contributed by atoms with E-state index in [4.69, 9.17) is 9.15 Å². The maximum absolute atomic E-state index is 12.7. The molecule has 0 saturated heterocycles. The predicted octanol–water partition coefficient (Wildman–Crippen LogP) is 4.94. The summed E-state index contributed by atoms with van der Waals surface area (Å²) in [6.45, 7) is 4.11. The van der Waals surface area contributed by atoms with Gasteiger partial charge >= 0.3 is 0 Å². The van der Waals surface area contributed by atoms with Gasteiger partial charge in [-0.3, -0.25) is 4.79 Å². The molecule has 0 aliphatic heterocycles. The van der Waals surface area contributed by atoms with Crippen LogP contribution in [0.2, 0.25) is 0 Å². The smallest absolute Gasteiger partial charge is 0.252 e. The van der Waals surface area contributed by atoms with Crippen molar-refractivity contribution in [3.05, 3.63) is 60.3 Å². The molecule has 3 aromatic rings. The van der Waals surface area contributed by atoms with Crippen molar-refractivity contribution in [2.75, 3.05) is 7.11 Å². The zero-order chi connectivity index (χ0) is 19.2. The Morgan fingerprint density at radius 2 is 2.04 bits per heavy atom. The number of nitrogens with zero attached hydrogens (tertiary/aromatic N) is 1. The van der Waals surface area contributed by atoms with Gasteiger partial charge in [0.2, 0.25) is 5.89 Å². The largest absolute Gasteiger partial charge is 0.497 e. The van der Waals surface area contributed by atoms with Crippen LogP contribution in [0.3, 0.4) is 0 Å². The van der Waals surface area contributed by atoms with Gasteiger partial charge in [-0.1, -0.05) is 37.6 Å². The number of oxazole rings is 1. The van der Waals surface area contributed by atoms with Crippen LogP contribution in [-0.4, -0.2) is 24.0 Å². The summed E-state index contributed by atoms with van der Waals surface area (Å²) in [7, 11) is 1.62. The first-order chi connectivity index (χ1) is 13.1. The first-order valence-corrected chi connectivity index (χ1v) is 9.13. The first-order valence-electron chi connectivity index (χ1n) is 9.13. The van der Waals surface area contributed by atoms with Crippen LogP contribution in [0.25, 0.3) is 22.8 Å². The van der Waals surface area contributed by atoms with Gasteiger partial charge in [-0.25, -0.2) is 4.98 Å². The molecule has 1 unspecified atom stereocenters. The molecule has 0 spiro atoms. The van der Waals surface area contributed by atoms with E-state index in [1.54, 1.807) is 19.4 Å². The van der Waals surface area contributed by atoms with Crippen molar-refractivity contribution in [2.45, 2.75) is 32.7 Å². The van der Waals surface area contributed by atoms with Crippen molar-refractivity contribution in [2.24, 2.45) is 0 Å². The predicted molar refractivity (Wildman–Crippen MR) is 106 cm³/mol. The van der Waals surface area contributed by atoms with Gasteiger partial charge in [-0.05, 0) is 37.6 Å². The number of aromatic nitrogens is 1. The molecule has 1 amide bonds. The number of carbonyl (C=O) groups is 1. The van der Waals surface area contributed by atoms with Gasteiger partial charge in [0.15, 0.2) is 5.76 Å². The zero-order valence-electron chi connectivity index (χ0n) is 15.9. The minimum Gasteiger partial charge on any atom is -0.497 e. The van der Waals surface area contributed by atoms with Crippen molar-refractivity contribution in [1.82, 2.24) is 10.3 Å². The third kappa shape index (κ3) is 4.37. The molecule has 1 aromatic heterocycles. The van der Waals surface area contributed by atoms with E-state index in [0.717, 1.165) is 24.2 Å². The van der Waals surface area contributed by atoms with E-state index >= 15 is 0 Å². The molecule has 0 aliphatic carbocycles. The second-order valence-corrected chi connectivity index (χ2v) is 6.47. The fraction of sp³-hybridized carbons (Fsp3) is 0.273. The van der Waals surface area contributed by atoms with Gasteiger partial charge in [-0.15, -0.1) is 0 Å². The summed E-state index contributed by atoms with van der Waals surface area (Å²) in [6.07, 6.45) is 3.62. The molecule has 0 radical (unpaired) electrons. The summed E-state index contributed by atoms with van der Waals surface area (Å²) in [5.74, 6) is 1.67. The molecule has 140 valence electrons. The monoisotopic (exact) mass is 364 g/mol. The summed E-state index contributed by atoms with van der Waals surface area (Å²) in [5, 5.41) is 3.04. The summed E-state index contributed by atoms with van der Waals surface area (Å²) >= 11 is 0. The van der Waals surface area contributed by atoms with E-state index in [1.807, 2.05) is 49.4 Å². The molecule has 0 bridgehead atoms. The molecule has 27 heavy (non-hydrogen) atoms. The van der Waals surface area contributed by atoms with Crippen LogP contribution in [0.15, 0.2) is 59.1 Å². The van der Waals surface area contributed by atoms with Gasteiger partial charge in [0, 0.05) is 17.2 Å². The minimum atomic E-state index is -0.118. The molecule has 0 saturated carbocycles. The molecule has 0 fully saturated rings. The molecular weight excluding hydrogens is 340 g/mol. The van der Waals surface area contributed by atoms with Crippen LogP contribution >= 0.6 is 0 Å². The van der Waals surface area contributed by atoms with Gasteiger partial charge in [0.05, 0.1) is 18.9 Å². The van der Waals surface area contributed by atoms with Crippen molar-refractivity contribution in [3.8, 4) is 28.5 Å². The number of benzene rings is 2. The fourth-order valence-electron chi connectivity index (χ4n) is 2.98. The van der Waals surface area contributed by atoms with Crippen LogP contribution in [0.1, 0.15) is 37.0 Å². The summed E-state index contributed by atoms with van der Waals surface area (Å²) in [6, 6.07) is 15.1. The summed E-state index contributed by atoms with van der Waals surface area (Å²) < 4.78 is 11.2. The molecule has 1 N–H and O–H groups in total. The number of amides is 1. The van der Waals surface area contributed by atoms with E-state index in [-0.39, 0.29) is 11.9 Å². The normalized spacial score (nSPS) is 11.8. The molecule has 0 aliphatic rings. The van der Waals surface area contributed by atoms with Crippen molar-refractivity contribution in [1.29, 1.82) is 0 Å². The highest BCUT2D eigenvalue weighted by atomic mass is 16.5. The first kappa shape index (κ1) is 18.7. The third-order valence-electron chi connectivity index (χ3n) is 4.36. The average Bonchev–Trinajstić information content (AvgIpc) is 3.18. The minimum absolute atomic E-state index is 0.118. The number of ether oxygens (including phenoxy) is 1. The molecule has 5 nitrogen and oxygen atoms in total.